The number of carbonyl (C=O) groups excluding carboxylic acids is 1. The number of ether oxygens (including phenoxy) is 3. The lowest BCUT2D eigenvalue weighted by Gasteiger charge is -2.26. The highest BCUT2D eigenvalue weighted by Crippen LogP contribution is 2.39. The van der Waals surface area contributed by atoms with E-state index in [4.69, 9.17) is 18.6 Å². The second kappa shape index (κ2) is 9.98. The summed E-state index contributed by atoms with van der Waals surface area (Å²) in [5.41, 5.74) is 1.97. The van der Waals surface area contributed by atoms with Crippen molar-refractivity contribution in [2.24, 2.45) is 0 Å². The Labute approximate surface area is 192 Å². The molecule has 1 atom stereocenters. The van der Waals surface area contributed by atoms with Crippen LogP contribution in [-0.4, -0.2) is 38.2 Å². The summed E-state index contributed by atoms with van der Waals surface area (Å²) in [6, 6.07) is 12.4. The van der Waals surface area contributed by atoms with E-state index in [9.17, 15) is 9.59 Å². The summed E-state index contributed by atoms with van der Waals surface area (Å²) >= 11 is 0. The summed E-state index contributed by atoms with van der Waals surface area (Å²) < 4.78 is 22.1. The lowest BCUT2D eigenvalue weighted by Crippen LogP contribution is -2.34. The molecule has 0 aliphatic carbocycles. The molecule has 0 radical (unpaired) electrons. The van der Waals surface area contributed by atoms with E-state index in [2.05, 4.69) is 6.92 Å². The van der Waals surface area contributed by atoms with Gasteiger partial charge in [0, 0.05) is 29.6 Å². The molecule has 1 aromatic heterocycles. The molecule has 2 heterocycles. The van der Waals surface area contributed by atoms with E-state index in [0.29, 0.717) is 17.9 Å². The molecule has 0 bridgehead atoms. The summed E-state index contributed by atoms with van der Waals surface area (Å²) in [6.45, 7) is 2.61. The predicted octanol–water partition coefficient (Wildman–Crippen LogP) is 4.51. The molecule has 1 aliphatic rings. The number of fused-ring (bicyclic) bond motifs is 1. The normalized spacial score (nSPS) is 15.6. The molecule has 1 aliphatic heterocycles. The van der Waals surface area contributed by atoms with Gasteiger partial charge in [0.2, 0.25) is 0 Å². The average Bonchev–Trinajstić information content (AvgIpc) is 3.32. The molecule has 0 N–H and O–H groups in total. The highest BCUT2D eigenvalue weighted by atomic mass is 16.5. The van der Waals surface area contributed by atoms with Gasteiger partial charge in [-0.3, -0.25) is 4.79 Å². The quantitative estimate of drug-likeness (QED) is 0.469. The molecule has 1 saturated heterocycles. The molecule has 2 aromatic carbocycles. The molecule has 1 fully saturated rings. The van der Waals surface area contributed by atoms with Crippen LogP contribution in [0.25, 0.3) is 11.0 Å². The van der Waals surface area contributed by atoms with Crippen LogP contribution in [0.2, 0.25) is 0 Å². The molecule has 0 saturated carbocycles. The number of aryl methyl sites for hydroxylation is 1. The molecule has 7 nitrogen and oxygen atoms in total. The van der Waals surface area contributed by atoms with Crippen molar-refractivity contribution in [3.05, 3.63) is 64.0 Å². The van der Waals surface area contributed by atoms with Gasteiger partial charge in [0.1, 0.15) is 22.8 Å². The van der Waals surface area contributed by atoms with Crippen LogP contribution in [0.15, 0.2) is 51.7 Å². The Morgan fingerprint density at radius 1 is 1.09 bits per heavy atom. The third-order valence-corrected chi connectivity index (χ3v) is 6.05. The summed E-state index contributed by atoms with van der Waals surface area (Å²) in [7, 11) is 3.24. The van der Waals surface area contributed by atoms with Crippen molar-refractivity contribution in [2.75, 3.05) is 27.4 Å². The first kappa shape index (κ1) is 22.7. The van der Waals surface area contributed by atoms with Gasteiger partial charge < -0.3 is 23.5 Å². The second-order valence-corrected chi connectivity index (χ2v) is 8.14. The second-order valence-electron chi connectivity index (χ2n) is 8.14. The fraction of sp³-hybridized carbons (Fsp3) is 0.385. The van der Waals surface area contributed by atoms with Gasteiger partial charge in [0.05, 0.1) is 20.3 Å². The number of rotatable bonds is 8. The number of methoxy groups -OCH3 is 2. The van der Waals surface area contributed by atoms with Crippen molar-refractivity contribution >= 4 is 16.9 Å². The highest BCUT2D eigenvalue weighted by Gasteiger charge is 2.32. The average molecular weight is 452 g/mol. The van der Waals surface area contributed by atoms with Gasteiger partial charge in [-0.1, -0.05) is 13.3 Å². The summed E-state index contributed by atoms with van der Waals surface area (Å²) in [5.74, 6) is 1.83. The van der Waals surface area contributed by atoms with E-state index in [0.717, 1.165) is 53.7 Å². The number of hydrogen-bond acceptors (Lipinski definition) is 6. The topological polar surface area (TPSA) is 78.2 Å². The van der Waals surface area contributed by atoms with Crippen molar-refractivity contribution in [1.29, 1.82) is 0 Å². The van der Waals surface area contributed by atoms with Crippen LogP contribution in [0, 0.1) is 0 Å². The largest absolute Gasteiger partial charge is 0.497 e. The molecular weight excluding hydrogens is 422 g/mol. The molecule has 0 unspecified atom stereocenters. The maximum atomic E-state index is 13.1. The van der Waals surface area contributed by atoms with Gasteiger partial charge in [-0.05, 0) is 55.2 Å². The van der Waals surface area contributed by atoms with Crippen LogP contribution in [-0.2, 0) is 11.2 Å². The van der Waals surface area contributed by atoms with Crippen LogP contribution in [0.3, 0.4) is 0 Å². The number of carbonyl (C=O) groups is 1. The van der Waals surface area contributed by atoms with Gasteiger partial charge in [-0.25, -0.2) is 4.79 Å². The maximum absolute atomic E-state index is 13.1. The monoisotopic (exact) mass is 451 g/mol. The van der Waals surface area contributed by atoms with Crippen LogP contribution in [0.1, 0.15) is 43.4 Å². The van der Waals surface area contributed by atoms with Crippen LogP contribution in [0.4, 0.5) is 0 Å². The maximum Gasteiger partial charge on any atom is 0.336 e. The lowest BCUT2D eigenvalue weighted by atomic mass is 10.0. The lowest BCUT2D eigenvalue weighted by molar-refractivity contribution is -0.134. The van der Waals surface area contributed by atoms with Crippen molar-refractivity contribution in [1.82, 2.24) is 4.90 Å². The minimum absolute atomic E-state index is 0.0997. The fourth-order valence-corrected chi connectivity index (χ4v) is 4.49. The van der Waals surface area contributed by atoms with E-state index in [1.807, 2.05) is 29.2 Å². The van der Waals surface area contributed by atoms with Gasteiger partial charge in [-0.15, -0.1) is 0 Å². The molecule has 174 valence electrons. The first-order chi connectivity index (χ1) is 16.0. The standard InChI is InChI=1S/C26H29NO6/c1-4-6-17-13-26(29)33-24-15-19(8-10-20(17)24)32-16-25(28)27-12-5-7-22(27)21-14-18(30-2)9-11-23(21)31-3/h8-11,13-15,22H,4-7,12,16H2,1-3H3/t22-/m1/s1. The smallest absolute Gasteiger partial charge is 0.336 e. The summed E-state index contributed by atoms with van der Waals surface area (Å²) in [5, 5.41) is 0.889. The van der Waals surface area contributed by atoms with Crippen LogP contribution >= 0.6 is 0 Å². The fourth-order valence-electron chi connectivity index (χ4n) is 4.49. The molecule has 4 rings (SSSR count). The van der Waals surface area contributed by atoms with Gasteiger partial charge in [0.25, 0.3) is 5.91 Å². The van der Waals surface area contributed by atoms with Crippen molar-refractivity contribution < 1.29 is 23.4 Å². The van der Waals surface area contributed by atoms with Crippen molar-refractivity contribution in [2.45, 2.75) is 38.6 Å². The first-order valence-corrected chi connectivity index (χ1v) is 11.2. The Bertz CT molecular complexity index is 1200. The predicted molar refractivity (Wildman–Crippen MR) is 125 cm³/mol. The number of hydrogen-bond donors (Lipinski definition) is 0. The van der Waals surface area contributed by atoms with E-state index in [1.54, 1.807) is 26.4 Å². The Hall–Kier alpha value is -3.48. The molecule has 3 aromatic rings. The van der Waals surface area contributed by atoms with E-state index < -0.39 is 0 Å². The Balaban J connectivity index is 1.50. The molecule has 1 amide bonds. The minimum Gasteiger partial charge on any atom is -0.497 e. The Kier molecular flexibility index (Phi) is 6.87. The first-order valence-electron chi connectivity index (χ1n) is 11.2. The van der Waals surface area contributed by atoms with E-state index in [1.165, 1.54) is 6.07 Å². The third-order valence-electron chi connectivity index (χ3n) is 6.05. The van der Waals surface area contributed by atoms with E-state index >= 15 is 0 Å². The molecule has 0 spiro atoms. The van der Waals surface area contributed by atoms with Crippen molar-refractivity contribution in [3.8, 4) is 17.2 Å². The SMILES string of the molecule is CCCc1cc(=O)oc2cc(OCC(=O)N3CCC[C@@H]3c3cc(OC)ccc3OC)ccc12. The van der Waals surface area contributed by atoms with Gasteiger partial charge in [0.15, 0.2) is 6.61 Å². The van der Waals surface area contributed by atoms with Gasteiger partial charge in [-0.2, -0.15) is 0 Å². The zero-order valence-electron chi connectivity index (χ0n) is 19.3. The summed E-state index contributed by atoms with van der Waals surface area (Å²) in [6.07, 6.45) is 3.47. The Morgan fingerprint density at radius 2 is 1.91 bits per heavy atom. The third kappa shape index (κ3) is 4.82. The van der Waals surface area contributed by atoms with Crippen molar-refractivity contribution in [3.63, 3.8) is 0 Å². The highest BCUT2D eigenvalue weighted by molar-refractivity contribution is 5.82. The zero-order valence-corrected chi connectivity index (χ0v) is 19.3. The summed E-state index contributed by atoms with van der Waals surface area (Å²) in [4.78, 5) is 26.8. The molecule has 33 heavy (non-hydrogen) atoms. The zero-order chi connectivity index (χ0) is 23.4. The molecule has 7 heteroatoms. The number of benzene rings is 2. The molecular formula is C26H29NO6. The number of amides is 1. The van der Waals surface area contributed by atoms with Crippen LogP contribution < -0.4 is 19.8 Å². The minimum atomic E-state index is -0.383. The van der Waals surface area contributed by atoms with E-state index in [-0.39, 0.29) is 24.2 Å². The number of nitrogens with zero attached hydrogens (tertiary/aromatic N) is 1. The van der Waals surface area contributed by atoms with Gasteiger partial charge >= 0.3 is 5.63 Å². The van der Waals surface area contributed by atoms with Crippen LogP contribution in [0.5, 0.6) is 17.2 Å². The Morgan fingerprint density at radius 3 is 2.67 bits per heavy atom. The number of likely N-dealkylation sites (tertiary alicyclic amines) is 1.